The molecule has 0 radical (unpaired) electrons. The molecule has 0 saturated heterocycles. The van der Waals surface area contributed by atoms with Crippen LogP contribution in [0, 0.1) is 20.8 Å². The Kier molecular flexibility index (Phi) is 7.18. The normalized spacial score (nSPS) is 11.7. The van der Waals surface area contributed by atoms with E-state index in [1.165, 1.54) is 12.1 Å². The molecular formula is C24H29N3O4S. The lowest BCUT2D eigenvalue weighted by molar-refractivity contribution is 0.0937. The van der Waals surface area contributed by atoms with Crippen molar-refractivity contribution in [1.82, 2.24) is 9.47 Å². The second-order valence-electron chi connectivity index (χ2n) is 7.93. The fourth-order valence-electron chi connectivity index (χ4n) is 3.67. The first kappa shape index (κ1) is 23.7. The minimum atomic E-state index is -3.75. The minimum absolute atomic E-state index is 0.0175. The van der Waals surface area contributed by atoms with Crippen molar-refractivity contribution < 1.29 is 17.9 Å². The number of likely N-dealkylation sites (N-methyl/N-ethyl adjacent to an activating group) is 1. The molecule has 0 atom stereocenters. The van der Waals surface area contributed by atoms with Gasteiger partial charge in [-0.05, 0) is 69.8 Å². The van der Waals surface area contributed by atoms with Crippen LogP contribution in [0.4, 0.5) is 0 Å². The van der Waals surface area contributed by atoms with E-state index in [0.29, 0.717) is 18.7 Å². The molecule has 0 fully saturated rings. The number of ketones is 1. The van der Waals surface area contributed by atoms with Gasteiger partial charge in [-0.25, -0.2) is 13.6 Å². The zero-order chi connectivity index (χ0) is 23.5. The quantitative estimate of drug-likeness (QED) is 0.500. The molecule has 0 aliphatic heterocycles. The number of hydrogen-bond donors (Lipinski definition) is 1. The fraction of sp³-hybridized carbons (Fsp3) is 0.292. The van der Waals surface area contributed by atoms with E-state index >= 15 is 0 Å². The summed E-state index contributed by atoms with van der Waals surface area (Å²) in [6, 6.07) is 16.0. The summed E-state index contributed by atoms with van der Waals surface area (Å²) < 4.78 is 30.7. The van der Waals surface area contributed by atoms with Crippen LogP contribution < -0.4 is 9.88 Å². The van der Waals surface area contributed by atoms with E-state index in [1.807, 2.05) is 67.6 Å². The molecule has 0 amide bonds. The van der Waals surface area contributed by atoms with Crippen LogP contribution in [0.3, 0.4) is 0 Å². The Labute approximate surface area is 189 Å². The second-order valence-corrected chi connectivity index (χ2v) is 9.50. The lowest BCUT2D eigenvalue weighted by Crippen LogP contribution is -2.30. The highest BCUT2D eigenvalue weighted by molar-refractivity contribution is 7.89. The summed E-state index contributed by atoms with van der Waals surface area (Å²) in [5, 5.41) is 5.18. The van der Waals surface area contributed by atoms with Gasteiger partial charge in [-0.2, -0.15) is 0 Å². The van der Waals surface area contributed by atoms with Gasteiger partial charge in [0.1, 0.15) is 12.4 Å². The molecule has 2 N–H and O–H groups in total. The van der Waals surface area contributed by atoms with E-state index < -0.39 is 10.0 Å². The van der Waals surface area contributed by atoms with E-state index in [-0.39, 0.29) is 17.2 Å². The van der Waals surface area contributed by atoms with Crippen LogP contribution in [0.5, 0.6) is 5.75 Å². The Bertz CT molecular complexity index is 1210. The van der Waals surface area contributed by atoms with Crippen LogP contribution in [0.15, 0.2) is 59.5 Å². The highest BCUT2D eigenvalue weighted by Gasteiger charge is 2.18. The maximum atomic E-state index is 13.0. The number of carbonyl (C=O) groups excluding carboxylic acids is 1. The molecule has 8 heteroatoms. The van der Waals surface area contributed by atoms with Crippen molar-refractivity contribution in [2.75, 3.05) is 26.7 Å². The fourth-order valence-corrected chi connectivity index (χ4v) is 4.18. The first-order chi connectivity index (χ1) is 15.1. The highest BCUT2D eigenvalue weighted by atomic mass is 32.2. The molecule has 3 aromatic rings. The number of nitrogens with zero attached hydrogens (tertiary/aromatic N) is 2. The summed E-state index contributed by atoms with van der Waals surface area (Å²) in [7, 11) is -1.86. The third-order valence-electron chi connectivity index (χ3n) is 5.39. The SMILES string of the molecule is Cc1ccccc1OCCN(C)CC(=O)c1cc(C)n(-c2ccc(S(N)(=O)=O)cc2)c1C. The van der Waals surface area contributed by atoms with Gasteiger partial charge >= 0.3 is 0 Å². The van der Waals surface area contributed by atoms with Crippen LogP contribution in [-0.2, 0) is 10.0 Å². The van der Waals surface area contributed by atoms with Gasteiger partial charge in [-0.3, -0.25) is 9.69 Å². The molecule has 1 heterocycles. The first-order valence-corrected chi connectivity index (χ1v) is 11.8. The molecule has 0 unspecified atom stereocenters. The predicted octanol–water partition coefficient (Wildman–Crippen LogP) is 3.24. The number of carbonyl (C=O) groups is 1. The largest absolute Gasteiger partial charge is 0.492 e. The smallest absolute Gasteiger partial charge is 0.238 e. The molecule has 1 aromatic heterocycles. The Hall–Kier alpha value is -2.94. The Balaban J connectivity index is 1.66. The summed E-state index contributed by atoms with van der Waals surface area (Å²) in [4.78, 5) is 14.9. The topological polar surface area (TPSA) is 94.6 Å². The number of aromatic nitrogens is 1. The second kappa shape index (κ2) is 9.68. The number of ether oxygens (including phenoxy) is 1. The first-order valence-electron chi connectivity index (χ1n) is 10.3. The lowest BCUT2D eigenvalue weighted by atomic mass is 10.1. The van der Waals surface area contributed by atoms with Crippen molar-refractivity contribution >= 4 is 15.8 Å². The van der Waals surface area contributed by atoms with E-state index in [4.69, 9.17) is 9.88 Å². The molecule has 170 valence electrons. The van der Waals surface area contributed by atoms with E-state index in [2.05, 4.69) is 0 Å². The number of para-hydroxylation sites is 1. The maximum absolute atomic E-state index is 13.0. The molecule has 0 saturated carbocycles. The molecular weight excluding hydrogens is 426 g/mol. The molecule has 0 bridgehead atoms. The third kappa shape index (κ3) is 5.45. The number of rotatable bonds is 9. The van der Waals surface area contributed by atoms with Gasteiger partial charge in [0.2, 0.25) is 10.0 Å². The number of primary sulfonamides is 1. The van der Waals surface area contributed by atoms with Crippen LogP contribution in [0.25, 0.3) is 5.69 Å². The Morgan fingerprint density at radius 2 is 1.72 bits per heavy atom. The lowest BCUT2D eigenvalue weighted by Gasteiger charge is -2.17. The molecule has 0 spiro atoms. The van der Waals surface area contributed by atoms with Gasteiger partial charge in [0.15, 0.2) is 5.78 Å². The van der Waals surface area contributed by atoms with Gasteiger partial charge in [0, 0.05) is 29.2 Å². The highest BCUT2D eigenvalue weighted by Crippen LogP contribution is 2.22. The average Bonchev–Trinajstić information content (AvgIpc) is 3.03. The maximum Gasteiger partial charge on any atom is 0.238 e. The van der Waals surface area contributed by atoms with Crippen molar-refractivity contribution in [3.8, 4) is 11.4 Å². The molecule has 3 rings (SSSR count). The van der Waals surface area contributed by atoms with Gasteiger partial charge < -0.3 is 9.30 Å². The summed E-state index contributed by atoms with van der Waals surface area (Å²) in [5.41, 5.74) is 4.19. The molecule has 32 heavy (non-hydrogen) atoms. The van der Waals surface area contributed by atoms with Crippen LogP contribution >= 0.6 is 0 Å². The van der Waals surface area contributed by atoms with E-state index in [0.717, 1.165) is 28.4 Å². The van der Waals surface area contributed by atoms with Crippen LogP contribution in [-0.4, -0.2) is 50.4 Å². The van der Waals surface area contributed by atoms with Crippen molar-refractivity contribution in [2.24, 2.45) is 5.14 Å². The van der Waals surface area contributed by atoms with Crippen molar-refractivity contribution in [3.05, 3.63) is 77.1 Å². The van der Waals surface area contributed by atoms with Gasteiger partial charge in [-0.15, -0.1) is 0 Å². The number of aryl methyl sites for hydroxylation is 2. The Morgan fingerprint density at radius 3 is 2.34 bits per heavy atom. The summed E-state index contributed by atoms with van der Waals surface area (Å²) in [6.07, 6.45) is 0. The zero-order valence-corrected chi connectivity index (χ0v) is 19.6. The number of sulfonamides is 1. The van der Waals surface area contributed by atoms with Gasteiger partial charge in [0.05, 0.1) is 11.4 Å². The van der Waals surface area contributed by atoms with Gasteiger partial charge in [0.25, 0.3) is 0 Å². The third-order valence-corrected chi connectivity index (χ3v) is 6.32. The molecule has 0 aliphatic rings. The summed E-state index contributed by atoms with van der Waals surface area (Å²) in [6.45, 7) is 7.18. The Morgan fingerprint density at radius 1 is 1.06 bits per heavy atom. The monoisotopic (exact) mass is 455 g/mol. The van der Waals surface area contributed by atoms with Crippen LogP contribution in [0.1, 0.15) is 27.3 Å². The van der Waals surface area contributed by atoms with E-state index in [1.54, 1.807) is 12.1 Å². The van der Waals surface area contributed by atoms with Crippen molar-refractivity contribution in [3.63, 3.8) is 0 Å². The van der Waals surface area contributed by atoms with Crippen molar-refractivity contribution in [1.29, 1.82) is 0 Å². The van der Waals surface area contributed by atoms with Gasteiger partial charge in [-0.1, -0.05) is 18.2 Å². The summed E-state index contributed by atoms with van der Waals surface area (Å²) in [5.74, 6) is 0.869. The van der Waals surface area contributed by atoms with E-state index in [9.17, 15) is 13.2 Å². The minimum Gasteiger partial charge on any atom is -0.492 e. The molecule has 7 nitrogen and oxygen atoms in total. The number of nitrogens with two attached hydrogens (primary N) is 1. The van der Waals surface area contributed by atoms with Crippen molar-refractivity contribution in [2.45, 2.75) is 25.7 Å². The zero-order valence-electron chi connectivity index (χ0n) is 18.8. The van der Waals surface area contributed by atoms with Crippen LogP contribution in [0.2, 0.25) is 0 Å². The number of Topliss-reactive ketones (excluding diaryl/α,β-unsaturated/α-hetero) is 1. The molecule has 2 aromatic carbocycles. The molecule has 0 aliphatic carbocycles. The predicted molar refractivity (Wildman–Crippen MR) is 125 cm³/mol. The number of hydrogen-bond acceptors (Lipinski definition) is 5. The summed E-state index contributed by atoms with van der Waals surface area (Å²) >= 11 is 0. The average molecular weight is 456 g/mol. The number of benzene rings is 2. The standard InChI is InChI=1S/C24H29N3O4S/c1-17-7-5-6-8-24(17)31-14-13-26(4)16-23(28)22-15-18(2)27(19(22)3)20-9-11-21(12-10-20)32(25,29)30/h5-12,15H,13-14,16H2,1-4H3,(H2,25,29,30).